The highest BCUT2D eigenvalue weighted by molar-refractivity contribution is 5.87. The number of rotatable bonds is 6. The van der Waals surface area contributed by atoms with E-state index in [0.717, 1.165) is 24.1 Å². The molecular formula is C20H28N2. The number of fused-ring (bicyclic) bond motifs is 1. The zero-order chi connectivity index (χ0) is 15.9. The second kappa shape index (κ2) is 5.83. The lowest BCUT2D eigenvalue weighted by molar-refractivity contribution is 0.382. The summed E-state index contributed by atoms with van der Waals surface area (Å²) >= 11 is 0. The number of nitrogens with one attached hydrogen (secondary N) is 1. The highest BCUT2D eigenvalue weighted by Gasteiger charge is 2.27. The summed E-state index contributed by atoms with van der Waals surface area (Å²) in [5, 5.41) is 1.32. The summed E-state index contributed by atoms with van der Waals surface area (Å²) in [4.78, 5) is 5.75. The molecule has 1 unspecified atom stereocenters. The second-order valence-electron chi connectivity index (χ2n) is 7.11. The minimum atomic E-state index is 0.854. The summed E-state index contributed by atoms with van der Waals surface area (Å²) in [5.74, 6) is 1.84. The monoisotopic (exact) mass is 296 g/mol. The highest BCUT2D eigenvalue weighted by atomic mass is 15.1. The van der Waals surface area contributed by atoms with Gasteiger partial charge in [-0.15, -0.1) is 0 Å². The number of aryl methyl sites for hydroxylation is 2. The first-order valence-electron chi connectivity index (χ1n) is 8.46. The number of aromatic amines is 1. The summed E-state index contributed by atoms with van der Waals surface area (Å²) in [6, 6.07) is 6.63. The number of hydrogen-bond acceptors (Lipinski definition) is 1. The molecular weight excluding hydrogens is 268 g/mol. The van der Waals surface area contributed by atoms with Crippen LogP contribution in [0.25, 0.3) is 16.6 Å². The number of benzene rings is 1. The number of nitrogens with zero attached hydrogens (tertiary/aromatic N) is 1. The maximum absolute atomic E-state index is 4.32. The van der Waals surface area contributed by atoms with Gasteiger partial charge in [0.05, 0.1) is 0 Å². The Labute approximate surface area is 134 Å². The van der Waals surface area contributed by atoms with Gasteiger partial charge in [-0.05, 0) is 68.2 Å². The van der Waals surface area contributed by atoms with E-state index in [1.54, 1.807) is 0 Å². The third-order valence-electron chi connectivity index (χ3n) is 5.45. The zero-order valence-electron chi connectivity index (χ0n) is 14.4. The Morgan fingerprint density at radius 1 is 1.36 bits per heavy atom. The molecule has 2 aromatic rings. The van der Waals surface area contributed by atoms with Crippen LogP contribution in [0.3, 0.4) is 0 Å². The van der Waals surface area contributed by atoms with Gasteiger partial charge >= 0.3 is 0 Å². The van der Waals surface area contributed by atoms with E-state index < -0.39 is 0 Å². The standard InChI is InChI=1S/C20H28N2/c1-13(17-6-7-17)10-11-22(5)16(4)18-8-9-20-19(12-18)14(2)15(3)21-20/h8-9,12-13,17,21H,4,6-7,10-11H2,1-3,5H3. The normalized spacial score (nSPS) is 16.0. The lowest BCUT2D eigenvalue weighted by Gasteiger charge is -2.24. The van der Waals surface area contributed by atoms with E-state index in [9.17, 15) is 0 Å². The van der Waals surface area contributed by atoms with Gasteiger partial charge in [0.1, 0.15) is 0 Å². The molecule has 2 heteroatoms. The molecule has 1 N–H and O–H groups in total. The van der Waals surface area contributed by atoms with Gasteiger partial charge in [-0.2, -0.15) is 0 Å². The Bertz CT molecular complexity index is 691. The largest absolute Gasteiger partial charge is 0.375 e. The molecule has 0 saturated heterocycles. The third kappa shape index (κ3) is 2.92. The Kier molecular flexibility index (Phi) is 4.03. The van der Waals surface area contributed by atoms with E-state index >= 15 is 0 Å². The van der Waals surface area contributed by atoms with Crippen LogP contribution in [0.1, 0.15) is 43.0 Å². The molecule has 1 aromatic heterocycles. The SMILES string of the molecule is C=C(c1ccc2[nH]c(C)c(C)c2c1)N(C)CCC(C)C1CC1. The van der Waals surface area contributed by atoms with Crippen molar-refractivity contribution in [2.75, 3.05) is 13.6 Å². The van der Waals surface area contributed by atoms with Crippen LogP contribution >= 0.6 is 0 Å². The summed E-state index contributed by atoms with van der Waals surface area (Å²) in [5.41, 5.74) is 6.18. The fourth-order valence-electron chi connectivity index (χ4n) is 3.29. The van der Waals surface area contributed by atoms with E-state index in [1.807, 2.05) is 0 Å². The number of hydrogen-bond donors (Lipinski definition) is 1. The Balaban J connectivity index is 1.71. The molecule has 1 saturated carbocycles. The molecule has 3 rings (SSSR count). The third-order valence-corrected chi connectivity index (χ3v) is 5.45. The first kappa shape index (κ1) is 15.2. The van der Waals surface area contributed by atoms with Gasteiger partial charge in [-0.3, -0.25) is 0 Å². The summed E-state index contributed by atoms with van der Waals surface area (Å²) in [6.45, 7) is 12.1. The van der Waals surface area contributed by atoms with E-state index in [-0.39, 0.29) is 0 Å². The van der Waals surface area contributed by atoms with Crippen LogP contribution < -0.4 is 0 Å². The van der Waals surface area contributed by atoms with Gasteiger partial charge in [-0.25, -0.2) is 0 Å². The molecule has 1 fully saturated rings. The van der Waals surface area contributed by atoms with Crippen molar-refractivity contribution >= 4 is 16.6 Å². The van der Waals surface area contributed by atoms with Crippen LogP contribution in [0.4, 0.5) is 0 Å². The molecule has 1 atom stereocenters. The lowest BCUT2D eigenvalue weighted by Crippen LogP contribution is -2.19. The average Bonchev–Trinajstić information content (AvgIpc) is 3.32. The second-order valence-corrected chi connectivity index (χ2v) is 7.11. The Morgan fingerprint density at radius 3 is 2.77 bits per heavy atom. The fraction of sp³-hybridized carbons (Fsp3) is 0.500. The molecule has 1 heterocycles. The Morgan fingerprint density at radius 2 is 2.09 bits per heavy atom. The van der Waals surface area contributed by atoms with Crippen LogP contribution in [-0.2, 0) is 0 Å². The van der Waals surface area contributed by atoms with Crippen molar-refractivity contribution < 1.29 is 0 Å². The molecule has 1 aromatic carbocycles. The van der Waals surface area contributed by atoms with Crippen molar-refractivity contribution in [2.45, 2.75) is 40.0 Å². The maximum Gasteiger partial charge on any atom is 0.0459 e. The zero-order valence-corrected chi connectivity index (χ0v) is 14.4. The van der Waals surface area contributed by atoms with Crippen LogP contribution in [0.5, 0.6) is 0 Å². The molecule has 22 heavy (non-hydrogen) atoms. The topological polar surface area (TPSA) is 19.0 Å². The molecule has 2 nitrogen and oxygen atoms in total. The van der Waals surface area contributed by atoms with Gasteiger partial charge in [0.25, 0.3) is 0 Å². The molecule has 1 aliphatic carbocycles. The minimum Gasteiger partial charge on any atom is -0.375 e. The van der Waals surface area contributed by atoms with Crippen LogP contribution in [0.2, 0.25) is 0 Å². The van der Waals surface area contributed by atoms with E-state index in [1.165, 1.54) is 47.0 Å². The van der Waals surface area contributed by atoms with Crippen LogP contribution in [0, 0.1) is 25.7 Å². The van der Waals surface area contributed by atoms with Crippen molar-refractivity contribution in [3.63, 3.8) is 0 Å². The van der Waals surface area contributed by atoms with Gasteiger partial charge in [0.2, 0.25) is 0 Å². The Hall–Kier alpha value is -1.70. The molecule has 0 bridgehead atoms. The van der Waals surface area contributed by atoms with Gasteiger partial charge in [-0.1, -0.05) is 19.6 Å². The summed E-state index contributed by atoms with van der Waals surface area (Å²) < 4.78 is 0. The lowest BCUT2D eigenvalue weighted by atomic mass is 10.0. The van der Waals surface area contributed by atoms with Crippen molar-refractivity contribution in [1.29, 1.82) is 0 Å². The van der Waals surface area contributed by atoms with Crippen LogP contribution in [0.15, 0.2) is 24.8 Å². The van der Waals surface area contributed by atoms with Crippen molar-refractivity contribution in [2.24, 2.45) is 11.8 Å². The van der Waals surface area contributed by atoms with Gasteiger partial charge in [0.15, 0.2) is 0 Å². The van der Waals surface area contributed by atoms with Gasteiger partial charge < -0.3 is 9.88 Å². The van der Waals surface area contributed by atoms with E-state index in [0.29, 0.717) is 0 Å². The first-order chi connectivity index (χ1) is 10.5. The van der Waals surface area contributed by atoms with Crippen molar-refractivity contribution in [3.8, 4) is 0 Å². The predicted molar refractivity (Wildman–Crippen MR) is 95.9 cm³/mol. The number of aromatic nitrogens is 1. The molecule has 0 aliphatic heterocycles. The minimum absolute atomic E-state index is 0.854. The van der Waals surface area contributed by atoms with E-state index in [2.05, 4.69) is 62.5 Å². The van der Waals surface area contributed by atoms with Crippen molar-refractivity contribution in [3.05, 3.63) is 41.6 Å². The van der Waals surface area contributed by atoms with Crippen LogP contribution in [-0.4, -0.2) is 23.5 Å². The summed E-state index contributed by atoms with van der Waals surface area (Å²) in [6.07, 6.45) is 4.15. The maximum atomic E-state index is 4.32. The molecule has 1 aliphatic rings. The molecule has 0 spiro atoms. The summed E-state index contributed by atoms with van der Waals surface area (Å²) in [7, 11) is 2.17. The number of H-pyrrole nitrogens is 1. The predicted octanol–water partition coefficient (Wildman–Crippen LogP) is 5.12. The smallest absolute Gasteiger partial charge is 0.0459 e. The van der Waals surface area contributed by atoms with Crippen molar-refractivity contribution in [1.82, 2.24) is 9.88 Å². The quantitative estimate of drug-likeness (QED) is 0.783. The molecule has 118 valence electrons. The molecule has 0 amide bonds. The van der Waals surface area contributed by atoms with E-state index in [4.69, 9.17) is 0 Å². The highest BCUT2D eigenvalue weighted by Crippen LogP contribution is 2.38. The van der Waals surface area contributed by atoms with Gasteiger partial charge in [0, 0.05) is 35.9 Å². The fourth-order valence-corrected chi connectivity index (χ4v) is 3.29. The average molecular weight is 296 g/mol. The first-order valence-corrected chi connectivity index (χ1v) is 8.46. The molecule has 0 radical (unpaired) electrons.